The van der Waals surface area contributed by atoms with Gasteiger partial charge in [0.25, 0.3) is 5.91 Å². The van der Waals surface area contributed by atoms with Gasteiger partial charge >= 0.3 is 5.97 Å². The number of nitrogens with zero attached hydrogens (tertiary/aromatic N) is 1. The molecule has 0 saturated carbocycles. The number of aromatic carboxylic acids is 1. The monoisotopic (exact) mass is 371 g/mol. The molecular weight excluding hydrogens is 358 g/mol. The lowest BCUT2D eigenvalue weighted by molar-refractivity contribution is -0.113. The molecule has 2 aromatic carbocycles. The van der Waals surface area contributed by atoms with E-state index in [9.17, 15) is 9.59 Å². The fourth-order valence-corrected chi connectivity index (χ4v) is 3.66. The Labute approximate surface area is 153 Å². The smallest absolute Gasteiger partial charge is 0.335 e. The standard InChI is InChI=1S/C18H13NO4S2/c1-23-14-5-3-2-4-12(14)10-15-16(20)19(18(24)25-15)13-8-6-11(7-9-13)17(21)22/h2-10H,1H3,(H,21,22). The number of rotatable bonds is 4. The first-order chi connectivity index (χ1) is 12.0. The normalized spacial score (nSPS) is 15.7. The van der Waals surface area contributed by atoms with Gasteiger partial charge in [-0.05, 0) is 36.4 Å². The van der Waals surface area contributed by atoms with Gasteiger partial charge in [0, 0.05) is 5.56 Å². The summed E-state index contributed by atoms with van der Waals surface area (Å²) in [4.78, 5) is 25.6. The largest absolute Gasteiger partial charge is 0.496 e. The number of hydrogen-bond acceptors (Lipinski definition) is 5. The molecule has 3 rings (SSSR count). The molecule has 1 aliphatic heterocycles. The van der Waals surface area contributed by atoms with Crippen LogP contribution in [0.25, 0.3) is 6.08 Å². The van der Waals surface area contributed by atoms with Crippen LogP contribution in [-0.2, 0) is 4.79 Å². The van der Waals surface area contributed by atoms with Gasteiger partial charge in [0.2, 0.25) is 0 Å². The van der Waals surface area contributed by atoms with Crippen molar-refractivity contribution in [2.24, 2.45) is 0 Å². The minimum absolute atomic E-state index is 0.152. The molecule has 1 fully saturated rings. The van der Waals surface area contributed by atoms with E-state index in [-0.39, 0.29) is 11.5 Å². The molecule has 0 bridgehead atoms. The van der Waals surface area contributed by atoms with Crippen LogP contribution in [0.5, 0.6) is 5.75 Å². The van der Waals surface area contributed by atoms with E-state index in [0.717, 1.165) is 5.56 Å². The summed E-state index contributed by atoms with van der Waals surface area (Å²) in [5.74, 6) is -0.601. The van der Waals surface area contributed by atoms with Crippen molar-refractivity contribution in [1.29, 1.82) is 0 Å². The number of carboxylic acids is 1. The summed E-state index contributed by atoms with van der Waals surface area (Å²) in [5, 5.41) is 8.97. The minimum atomic E-state index is -1.02. The van der Waals surface area contributed by atoms with E-state index in [0.29, 0.717) is 20.7 Å². The second kappa shape index (κ2) is 7.08. The first-order valence-corrected chi connectivity index (χ1v) is 8.48. The Morgan fingerprint density at radius 3 is 2.52 bits per heavy atom. The Hall–Kier alpha value is -2.64. The summed E-state index contributed by atoms with van der Waals surface area (Å²) in [6.45, 7) is 0. The van der Waals surface area contributed by atoms with E-state index in [1.165, 1.54) is 28.8 Å². The van der Waals surface area contributed by atoms with Gasteiger partial charge in [-0.15, -0.1) is 0 Å². The van der Waals surface area contributed by atoms with Crippen LogP contribution in [0.15, 0.2) is 53.4 Å². The predicted octanol–water partition coefficient (Wildman–Crippen LogP) is 3.80. The van der Waals surface area contributed by atoms with Gasteiger partial charge < -0.3 is 9.84 Å². The second-order valence-corrected chi connectivity index (χ2v) is 6.79. The molecule has 0 aliphatic carbocycles. The number of ether oxygens (including phenoxy) is 1. The van der Waals surface area contributed by atoms with Gasteiger partial charge in [0.05, 0.1) is 23.3 Å². The Balaban J connectivity index is 1.92. The Morgan fingerprint density at radius 1 is 1.20 bits per heavy atom. The third-order valence-corrected chi connectivity index (χ3v) is 4.89. The molecule has 1 N–H and O–H groups in total. The molecule has 7 heteroatoms. The quantitative estimate of drug-likeness (QED) is 0.651. The van der Waals surface area contributed by atoms with E-state index >= 15 is 0 Å². The van der Waals surface area contributed by atoms with E-state index < -0.39 is 5.97 Å². The lowest BCUT2D eigenvalue weighted by Crippen LogP contribution is -2.27. The summed E-state index contributed by atoms with van der Waals surface area (Å²) in [6, 6.07) is 13.4. The average Bonchev–Trinajstić information content (AvgIpc) is 2.89. The van der Waals surface area contributed by atoms with Crippen LogP contribution < -0.4 is 9.64 Å². The number of thiocarbonyl (C=S) groups is 1. The number of thioether (sulfide) groups is 1. The maximum atomic E-state index is 12.7. The van der Waals surface area contributed by atoms with Gasteiger partial charge in [-0.1, -0.05) is 42.2 Å². The highest BCUT2D eigenvalue weighted by atomic mass is 32.2. The molecular formula is C18H13NO4S2. The van der Waals surface area contributed by atoms with Crippen LogP contribution in [0.1, 0.15) is 15.9 Å². The molecule has 2 aromatic rings. The van der Waals surface area contributed by atoms with Gasteiger partial charge in [-0.3, -0.25) is 9.69 Å². The fraction of sp³-hybridized carbons (Fsp3) is 0.0556. The van der Waals surface area contributed by atoms with Crippen LogP contribution >= 0.6 is 24.0 Å². The number of para-hydroxylation sites is 1. The van der Waals surface area contributed by atoms with Crippen molar-refractivity contribution in [3.05, 3.63) is 64.6 Å². The lowest BCUT2D eigenvalue weighted by Gasteiger charge is -2.14. The number of methoxy groups -OCH3 is 1. The number of hydrogen-bond donors (Lipinski definition) is 1. The molecule has 0 unspecified atom stereocenters. The third kappa shape index (κ3) is 3.42. The van der Waals surface area contributed by atoms with Gasteiger partial charge in [-0.2, -0.15) is 0 Å². The van der Waals surface area contributed by atoms with Crippen molar-refractivity contribution in [2.45, 2.75) is 0 Å². The summed E-state index contributed by atoms with van der Waals surface area (Å²) in [7, 11) is 1.57. The van der Waals surface area contributed by atoms with Crippen LogP contribution in [0, 0.1) is 0 Å². The van der Waals surface area contributed by atoms with Gasteiger partial charge in [-0.25, -0.2) is 4.79 Å². The molecule has 126 valence electrons. The van der Waals surface area contributed by atoms with Crippen molar-refractivity contribution in [3.63, 3.8) is 0 Å². The predicted molar refractivity (Wildman–Crippen MR) is 102 cm³/mol. The number of amides is 1. The zero-order valence-electron chi connectivity index (χ0n) is 13.1. The van der Waals surface area contributed by atoms with Gasteiger partial charge in [0.1, 0.15) is 5.75 Å². The molecule has 0 spiro atoms. The maximum absolute atomic E-state index is 12.7. The van der Waals surface area contributed by atoms with E-state index in [1.807, 2.05) is 24.3 Å². The molecule has 1 saturated heterocycles. The fourth-order valence-electron chi connectivity index (χ4n) is 2.37. The Kier molecular flexibility index (Phi) is 4.87. The topological polar surface area (TPSA) is 66.8 Å². The number of benzene rings is 2. The third-order valence-electron chi connectivity index (χ3n) is 3.59. The molecule has 0 atom stereocenters. The number of anilines is 1. The SMILES string of the molecule is COc1ccccc1C=C1SC(=S)N(c2ccc(C(=O)O)cc2)C1=O. The van der Waals surface area contributed by atoms with Crippen LogP contribution in [0.2, 0.25) is 0 Å². The molecule has 5 nitrogen and oxygen atoms in total. The van der Waals surface area contributed by atoms with Crippen molar-refractivity contribution in [1.82, 2.24) is 0 Å². The van der Waals surface area contributed by atoms with Crippen molar-refractivity contribution < 1.29 is 19.4 Å². The summed E-state index contributed by atoms with van der Waals surface area (Å²) >= 11 is 6.52. The zero-order chi connectivity index (χ0) is 18.0. The maximum Gasteiger partial charge on any atom is 0.335 e. The highest BCUT2D eigenvalue weighted by molar-refractivity contribution is 8.27. The first-order valence-electron chi connectivity index (χ1n) is 7.25. The number of carbonyl (C=O) groups excluding carboxylic acids is 1. The highest BCUT2D eigenvalue weighted by Crippen LogP contribution is 2.37. The molecule has 1 aliphatic rings. The highest BCUT2D eigenvalue weighted by Gasteiger charge is 2.33. The van der Waals surface area contributed by atoms with Gasteiger partial charge in [0.15, 0.2) is 4.32 Å². The lowest BCUT2D eigenvalue weighted by atomic mass is 10.1. The summed E-state index contributed by atoms with van der Waals surface area (Å²) in [5.41, 5.74) is 1.47. The Morgan fingerprint density at radius 2 is 1.88 bits per heavy atom. The van der Waals surface area contributed by atoms with Crippen LogP contribution in [0.3, 0.4) is 0 Å². The molecule has 1 heterocycles. The minimum Gasteiger partial charge on any atom is -0.496 e. The molecule has 25 heavy (non-hydrogen) atoms. The van der Waals surface area contributed by atoms with Crippen molar-refractivity contribution in [3.8, 4) is 5.75 Å². The van der Waals surface area contributed by atoms with Crippen molar-refractivity contribution in [2.75, 3.05) is 12.0 Å². The molecule has 0 radical (unpaired) electrons. The second-order valence-electron chi connectivity index (χ2n) is 5.11. The van der Waals surface area contributed by atoms with Crippen molar-refractivity contribution >= 4 is 51.9 Å². The average molecular weight is 371 g/mol. The Bertz CT molecular complexity index is 890. The van der Waals surface area contributed by atoms with E-state index in [4.69, 9.17) is 22.1 Å². The van der Waals surface area contributed by atoms with E-state index in [2.05, 4.69) is 0 Å². The summed E-state index contributed by atoms with van der Waals surface area (Å²) in [6.07, 6.45) is 1.74. The molecule has 1 amide bonds. The van der Waals surface area contributed by atoms with Crippen LogP contribution in [-0.4, -0.2) is 28.4 Å². The first kappa shape index (κ1) is 17.2. The number of carboxylic acid groups (broad SMARTS) is 1. The number of carbonyl (C=O) groups is 2. The van der Waals surface area contributed by atoms with Crippen LogP contribution in [0.4, 0.5) is 5.69 Å². The molecule has 0 aromatic heterocycles. The zero-order valence-corrected chi connectivity index (χ0v) is 14.8. The summed E-state index contributed by atoms with van der Waals surface area (Å²) < 4.78 is 5.69. The van der Waals surface area contributed by atoms with E-state index in [1.54, 1.807) is 25.3 Å².